The first kappa shape index (κ1) is 15.6. The molecular formula is C18H17N3O4. The minimum absolute atomic E-state index is 0.142. The molecule has 0 radical (unpaired) electrons. The molecule has 0 amide bonds. The standard InChI is InChI=1S/C18H17N3O4/c1-10-16(18(23)21(2)20-10)17(22)11-3-4-14-13(7-11)15(5-6-19-14)25-9-12-8-24-12/h3-7,12,23H,8-9H2,1-2H3. The summed E-state index contributed by atoms with van der Waals surface area (Å²) in [5.41, 5.74) is 1.87. The number of carbonyl (C=O) groups excluding carboxylic acids is 1. The largest absolute Gasteiger partial charge is 0.493 e. The third kappa shape index (κ3) is 2.83. The van der Waals surface area contributed by atoms with Crippen molar-refractivity contribution in [1.82, 2.24) is 14.8 Å². The average molecular weight is 339 g/mol. The highest BCUT2D eigenvalue weighted by molar-refractivity contribution is 6.12. The highest BCUT2D eigenvalue weighted by Crippen LogP contribution is 2.29. The smallest absolute Gasteiger partial charge is 0.220 e. The maximum Gasteiger partial charge on any atom is 0.220 e. The fraction of sp³-hybridized carbons (Fsp3) is 0.278. The Bertz CT molecular complexity index is 976. The molecule has 2 aromatic heterocycles. The third-order valence-corrected chi connectivity index (χ3v) is 4.21. The number of aryl methyl sites for hydroxylation is 2. The second kappa shape index (κ2) is 5.86. The van der Waals surface area contributed by atoms with Crippen LogP contribution in [0, 0.1) is 6.92 Å². The number of nitrogens with zero attached hydrogens (tertiary/aromatic N) is 3. The first-order chi connectivity index (χ1) is 12.0. The van der Waals surface area contributed by atoms with Crippen LogP contribution in [-0.4, -0.2) is 45.0 Å². The number of fused-ring (bicyclic) bond motifs is 1. The van der Waals surface area contributed by atoms with Crippen molar-refractivity contribution in [3.05, 3.63) is 47.3 Å². The Balaban J connectivity index is 1.74. The summed E-state index contributed by atoms with van der Waals surface area (Å²) in [5, 5.41) is 14.9. The number of pyridine rings is 1. The summed E-state index contributed by atoms with van der Waals surface area (Å²) in [7, 11) is 1.59. The van der Waals surface area contributed by atoms with Gasteiger partial charge in [0.2, 0.25) is 5.88 Å². The maximum absolute atomic E-state index is 12.8. The van der Waals surface area contributed by atoms with Gasteiger partial charge in [0.25, 0.3) is 0 Å². The lowest BCUT2D eigenvalue weighted by Crippen LogP contribution is -2.06. The van der Waals surface area contributed by atoms with Crippen LogP contribution in [0.1, 0.15) is 21.6 Å². The van der Waals surface area contributed by atoms with Gasteiger partial charge in [-0.2, -0.15) is 5.10 Å². The number of aromatic hydroxyl groups is 1. The summed E-state index contributed by atoms with van der Waals surface area (Å²) < 4.78 is 12.2. The number of benzene rings is 1. The summed E-state index contributed by atoms with van der Waals surface area (Å²) in [6.45, 7) is 2.88. The second-order valence-corrected chi connectivity index (χ2v) is 6.04. The molecule has 3 heterocycles. The zero-order valence-electron chi connectivity index (χ0n) is 13.9. The minimum Gasteiger partial charge on any atom is -0.493 e. The van der Waals surface area contributed by atoms with Crippen LogP contribution in [0.4, 0.5) is 0 Å². The van der Waals surface area contributed by atoms with Crippen molar-refractivity contribution in [3.63, 3.8) is 0 Å². The normalized spacial score (nSPS) is 16.2. The van der Waals surface area contributed by atoms with E-state index in [4.69, 9.17) is 9.47 Å². The number of hydrogen-bond donors (Lipinski definition) is 1. The highest BCUT2D eigenvalue weighted by atomic mass is 16.6. The molecule has 4 rings (SSSR count). The van der Waals surface area contributed by atoms with E-state index >= 15 is 0 Å². The Morgan fingerprint density at radius 1 is 1.44 bits per heavy atom. The lowest BCUT2D eigenvalue weighted by atomic mass is 10.0. The SMILES string of the molecule is Cc1nn(C)c(O)c1C(=O)c1ccc2nccc(OCC3CO3)c2c1. The van der Waals surface area contributed by atoms with Crippen LogP contribution in [0.3, 0.4) is 0 Å². The van der Waals surface area contributed by atoms with Gasteiger partial charge in [0.1, 0.15) is 24.0 Å². The molecule has 25 heavy (non-hydrogen) atoms. The topological polar surface area (TPSA) is 89.8 Å². The summed E-state index contributed by atoms with van der Waals surface area (Å²) in [6.07, 6.45) is 1.81. The van der Waals surface area contributed by atoms with Gasteiger partial charge in [-0.3, -0.25) is 9.78 Å². The van der Waals surface area contributed by atoms with Crippen molar-refractivity contribution < 1.29 is 19.4 Å². The van der Waals surface area contributed by atoms with Crippen molar-refractivity contribution >= 4 is 16.7 Å². The van der Waals surface area contributed by atoms with Gasteiger partial charge in [-0.15, -0.1) is 0 Å². The van der Waals surface area contributed by atoms with Gasteiger partial charge < -0.3 is 14.6 Å². The van der Waals surface area contributed by atoms with Crippen LogP contribution >= 0.6 is 0 Å². The van der Waals surface area contributed by atoms with E-state index in [-0.39, 0.29) is 23.3 Å². The predicted octanol–water partition coefficient (Wildman–Crippen LogP) is 1.99. The van der Waals surface area contributed by atoms with E-state index in [0.717, 1.165) is 10.9 Å². The van der Waals surface area contributed by atoms with Gasteiger partial charge in [0.15, 0.2) is 5.78 Å². The van der Waals surface area contributed by atoms with Crippen molar-refractivity contribution in [1.29, 1.82) is 0 Å². The van der Waals surface area contributed by atoms with Crippen LogP contribution in [0.5, 0.6) is 11.6 Å². The Morgan fingerprint density at radius 2 is 2.24 bits per heavy atom. The van der Waals surface area contributed by atoms with E-state index < -0.39 is 0 Å². The maximum atomic E-state index is 12.8. The number of hydrogen-bond acceptors (Lipinski definition) is 6. The van der Waals surface area contributed by atoms with Crippen molar-refractivity contribution in [2.45, 2.75) is 13.0 Å². The number of aromatic nitrogens is 3. The number of epoxide rings is 1. The van der Waals surface area contributed by atoms with Crippen molar-refractivity contribution in [2.24, 2.45) is 7.05 Å². The molecule has 1 atom stereocenters. The van der Waals surface area contributed by atoms with Gasteiger partial charge in [-0.25, -0.2) is 4.68 Å². The zero-order valence-corrected chi connectivity index (χ0v) is 13.9. The van der Waals surface area contributed by atoms with Crippen molar-refractivity contribution in [3.8, 4) is 11.6 Å². The third-order valence-electron chi connectivity index (χ3n) is 4.21. The average Bonchev–Trinajstić information content (AvgIpc) is 3.39. The van der Waals surface area contributed by atoms with E-state index in [1.54, 1.807) is 44.4 Å². The monoisotopic (exact) mass is 339 g/mol. The molecule has 1 unspecified atom stereocenters. The molecule has 7 nitrogen and oxygen atoms in total. The van der Waals surface area contributed by atoms with E-state index in [9.17, 15) is 9.90 Å². The van der Waals surface area contributed by atoms with Gasteiger partial charge in [-0.05, 0) is 31.2 Å². The van der Waals surface area contributed by atoms with Crippen LogP contribution in [0.2, 0.25) is 0 Å². The fourth-order valence-corrected chi connectivity index (χ4v) is 2.79. The predicted molar refractivity (Wildman–Crippen MR) is 90.0 cm³/mol. The number of ether oxygens (including phenoxy) is 2. The molecule has 0 spiro atoms. The Labute approximate surface area is 143 Å². The lowest BCUT2D eigenvalue weighted by Gasteiger charge is -2.09. The van der Waals surface area contributed by atoms with Crippen LogP contribution < -0.4 is 4.74 Å². The summed E-state index contributed by atoms with van der Waals surface area (Å²) in [4.78, 5) is 17.1. The summed E-state index contributed by atoms with van der Waals surface area (Å²) in [6, 6.07) is 6.97. The first-order valence-electron chi connectivity index (χ1n) is 7.95. The molecule has 3 aromatic rings. The molecule has 1 aliphatic rings. The number of rotatable bonds is 5. The van der Waals surface area contributed by atoms with E-state index in [2.05, 4.69) is 10.1 Å². The minimum atomic E-state index is -0.287. The van der Waals surface area contributed by atoms with Crippen LogP contribution in [0.15, 0.2) is 30.5 Å². The molecule has 1 saturated heterocycles. The van der Waals surface area contributed by atoms with E-state index in [1.165, 1.54) is 4.68 Å². The van der Waals surface area contributed by atoms with Gasteiger partial charge in [0.05, 0.1) is 17.8 Å². The zero-order chi connectivity index (χ0) is 17.6. The molecule has 0 bridgehead atoms. The second-order valence-electron chi connectivity index (χ2n) is 6.04. The molecule has 1 aromatic carbocycles. The molecule has 0 saturated carbocycles. The number of carbonyl (C=O) groups is 1. The molecule has 7 heteroatoms. The summed E-state index contributed by atoms with van der Waals surface area (Å²) >= 11 is 0. The first-order valence-corrected chi connectivity index (χ1v) is 7.95. The van der Waals surface area contributed by atoms with Crippen LogP contribution in [0.25, 0.3) is 10.9 Å². The lowest BCUT2D eigenvalue weighted by molar-refractivity contribution is 0.103. The van der Waals surface area contributed by atoms with Gasteiger partial charge in [-0.1, -0.05) is 0 Å². The quantitative estimate of drug-likeness (QED) is 0.565. The molecule has 1 N–H and O–H groups in total. The molecule has 0 aliphatic carbocycles. The van der Waals surface area contributed by atoms with Crippen molar-refractivity contribution in [2.75, 3.05) is 13.2 Å². The summed E-state index contributed by atoms with van der Waals surface area (Å²) in [5.74, 6) is 0.226. The highest BCUT2D eigenvalue weighted by Gasteiger charge is 2.24. The van der Waals surface area contributed by atoms with Crippen LogP contribution in [-0.2, 0) is 11.8 Å². The molecule has 1 fully saturated rings. The Hall–Kier alpha value is -2.93. The number of ketones is 1. The Morgan fingerprint density at radius 3 is 2.92 bits per heavy atom. The molecule has 128 valence electrons. The van der Waals surface area contributed by atoms with E-state index in [1.807, 2.05) is 0 Å². The fourth-order valence-electron chi connectivity index (χ4n) is 2.79. The molecule has 1 aliphatic heterocycles. The van der Waals surface area contributed by atoms with Gasteiger partial charge in [0, 0.05) is 24.2 Å². The van der Waals surface area contributed by atoms with Gasteiger partial charge >= 0.3 is 0 Å². The molecular weight excluding hydrogens is 322 g/mol. The van der Waals surface area contributed by atoms with E-state index in [0.29, 0.717) is 30.2 Å². The Kier molecular flexibility index (Phi) is 3.65.